The maximum absolute atomic E-state index is 14.6. The van der Waals surface area contributed by atoms with Gasteiger partial charge in [0.2, 0.25) is 11.8 Å². The maximum atomic E-state index is 14.6. The Morgan fingerprint density at radius 1 is 1.24 bits per heavy atom. The van der Waals surface area contributed by atoms with Crippen LogP contribution in [0.15, 0.2) is 55.6 Å². The van der Waals surface area contributed by atoms with Crippen molar-refractivity contribution >= 4 is 33.7 Å². The van der Waals surface area contributed by atoms with Crippen molar-refractivity contribution in [2.45, 2.75) is 87.0 Å². The van der Waals surface area contributed by atoms with Crippen molar-refractivity contribution in [2.75, 3.05) is 19.8 Å². The molecule has 3 aliphatic heterocycles. The first-order valence-electron chi connectivity index (χ1n) is 14.5. The van der Waals surface area contributed by atoms with Crippen LogP contribution in [-0.2, 0) is 30.3 Å². The minimum Gasteiger partial charge on any atom is -0.465 e. The lowest BCUT2D eigenvalue weighted by molar-refractivity contribution is -0.157. The van der Waals surface area contributed by atoms with Crippen molar-refractivity contribution in [1.82, 2.24) is 9.80 Å². The summed E-state index contributed by atoms with van der Waals surface area (Å²) in [7, 11) is 0. The van der Waals surface area contributed by atoms with Gasteiger partial charge >= 0.3 is 5.97 Å². The Kier molecular flexibility index (Phi) is 9.81. The number of unbranched alkanes of at least 4 members (excludes halogenated alkanes) is 2. The largest absolute Gasteiger partial charge is 0.465 e. The zero-order chi connectivity index (χ0) is 29.9. The molecule has 8 nitrogen and oxygen atoms in total. The quantitative estimate of drug-likeness (QED) is 0.153. The maximum Gasteiger partial charge on any atom is 0.312 e. The summed E-state index contributed by atoms with van der Waals surface area (Å²) in [4.78, 5) is 45.6. The number of aliphatic hydroxyl groups is 1. The van der Waals surface area contributed by atoms with Gasteiger partial charge in [-0.1, -0.05) is 58.4 Å². The van der Waals surface area contributed by atoms with Gasteiger partial charge in [0.15, 0.2) is 0 Å². The van der Waals surface area contributed by atoms with E-state index in [0.717, 1.165) is 18.4 Å². The summed E-state index contributed by atoms with van der Waals surface area (Å²) >= 11 is 3.71. The first kappa shape index (κ1) is 31.4. The highest BCUT2D eigenvalue weighted by Crippen LogP contribution is 2.61. The van der Waals surface area contributed by atoms with E-state index in [0.29, 0.717) is 19.3 Å². The fraction of sp³-hybridized carbons (Fsp3) is 0.594. The van der Waals surface area contributed by atoms with Crippen LogP contribution in [0.4, 0.5) is 0 Å². The predicted octanol–water partition coefficient (Wildman–Crippen LogP) is 4.05. The number of likely N-dealkylation sites (tertiary alicyclic amines) is 1. The fourth-order valence-electron chi connectivity index (χ4n) is 6.78. The zero-order valence-electron chi connectivity index (χ0n) is 24.3. The smallest absolute Gasteiger partial charge is 0.312 e. The lowest BCUT2D eigenvalue weighted by Crippen LogP contribution is -2.62. The molecule has 4 rings (SSSR count). The molecule has 2 bridgehead atoms. The second-order valence-electron chi connectivity index (χ2n) is 12.3. The molecule has 1 aromatic carbocycles. The van der Waals surface area contributed by atoms with Crippen molar-refractivity contribution in [1.29, 1.82) is 0 Å². The number of allylic oxidation sites excluding steroid dienone is 1. The van der Waals surface area contributed by atoms with Crippen LogP contribution in [0.25, 0.3) is 0 Å². The van der Waals surface area contributed by atoms with E-state index in [2.05, 4.69) is 29.1 Å². The highest BCUT2D eigenvalue weighted by atomic mass is 79.9. The van der Waals surface area contributed by atoms with Crippen molar-refractivity contribution in [2.24, 2.45) is 11.8 Å². The van der Waals surface area contributed by atoms with Crippen LogP contribution in [0, 0.1) is 11.8 Å². The third-order valence-electron chi connectivity index (χ3n) is 8.59. The highest BCUT2D eigenvalue weighted by Gasteiger charge is 2.77. The van der Waals surface area contributed by atoms with Gasteiger partial charge in [0.25, 0.3) is 0 Å². The second kappa shape index (κ2) is 12.8. The molecule has 3 saturated heterocycles. The monoisotopic (exact) mass is 630 g/mol. The van der Waals surface area contributed by atoms with E-state index in [-0.39, 0.29) is 36.4 Å². The van der Waals surface area contributed by atoms with Crippen LogP contribution < -0.4 is 0 Å². The van der Waals surface area contributed by atoms with Crippen LogP contribution in [0.3, 0.4) is 0 Å². The molecule has 0 radical (unpaired) electrons. The lowest BCUT2D eigenvalue weighted by Gasteiger charge is -2.43. The zero-order valence-corrected chi connectivity index (χ0v) is 25.9. The summed E-state index contributed by atoms with van der Waals surface area (Å²) in [5, 5.41) is 10.6. The van der Waals surface area contributed by atoms with Gasteiger partial charge in [0.1, 0.15) is 11.6 Å². The number of fused-ring (bicyclic) bond motifs is 1. The number of alkyl halides is 1. The number of rotatable bonds is 13. The molecule has 0 aliphatic carbocycles. The van der Waals surface area contributed by atoms with Crippen LogP contribution in [0.1, 0.15) is 52.0 Å². The summed E-state index contributed by atoms with van der Waals surface area (Å²) in [6.07, 6.45) is 6.02. The Labute approximate surface area is 251 Å². The average Bonchev–Trinajstić information content (AvgIpc) is 3.53. The first-order valence-corrected chi connectivity index (χ1v) is 15.4. The molecule has 7 atom stereocenters. The van der Waals surface area contributed by atoms with Gasteiger partial charge in [-0.25, -0.2) is 0 Å². The van der Waals surface area contributed by atoms with E-state index in [4.69, 9.17) is 9.47 Å². The number of nitrogens with zero attached hydrogens (tertiary/aromatic N) is 2. The minimum absolute atomic E-state index is 0.232. The van der Waals surface area contributed by atoms with Gasteiger partial charge in [0.05, 0.1) is 37.2 Å². The first-order chi connectivity index (χ1) is 19.5. The van der Waals surface area contributed by atoms with Gasteiger partial charge in [-0.15, -0.1) is 13.2 Å². The van der Waals surface area contributed by atoms with E-state index in [1.54, 1.807) is 11.0 Å². The molecule has 1 spiro atoms. The standard InChI is InChI=1S/C32H43BrN2O6/c1-6-8-9-13-17-40-30(39)24-25-28(37)35(22(20-36)18-21-14-11-10-12-15-21)27(32(25)19-23(33)26(24)41-32)29(38)34(16-7-2)31(3,4)5/h6-7,10-12,14-15,22-27,36H,1-2,8-9,13,16-20H2,3-5H3/t22-,23?,24+,25+,26+,27?,32?/m1/s1. The van der Waals surface area contributed by atoms with Crippen molar-refractivity contribution in [3.05, 3.63) is 61.2 Å². The number of benzene rings is 1. The van der Waals surface area contributed by atoms with E-state index >= 15 is 0 Å². The van der Waals surface area contributed by atoms with Crippen LogP contribution in [0.2, 0.25) is 0 Å². The molecule has 3 fully saturated rings. The number of hydrogen-bond acceptors (Lipinski definition) is 6. The molecule has 1 aromatic rings. The summed E-state index contributed by atoms with van der Waals surface area (Å²) in [5.41, 5.74) is -0.872. The Morgan fingerprint density at radius 2 is 1.95 bits per heavy atom. The summed E-state index contributed by atoms with van der Waals surface area (Å²) in [5.74, 6) is -2.83. The molecular weight excluding hydrogens is 588 g/mol. The summed E-state index contributed by atoms with van der Waals surface area (Å²) in [6, 6.07) is 7.87. The van der Waals surface area contributed by atoms with E-state index < -0.39 is 47.1 Å². The number of carbonyl (C=O) groups excluding carboxylic acids is 3. The van der Waals surface area contributed by atoms with Crippen molar-refractivity contribution in [3.8, 4) is 0 Å². The topological polar surface area (TPSA) is 96.4 Å². The number of halogens is 1. The predicted molar refractivity (Wildman–Crippen MR) is 160 cm³/mol. The fourth-order valence-corrected chi connectivity index (χ4v) is 7.72. The molecule has 41 heavy (non-hydrogen) atoms. The molecule has 0 saturated carbocycles. The molecule has 3 unspecified atom stereocenters. The third kappa shape index (κ3) is 5.90. The van der Waals surface area contributed by atoms with Crippen molar-refractivity contribution in [3.63, 3.8) is 0 Å². The molecule has 1 N–H and O–H groups in total. The van der Waals surface area contributed by atoms with Crippen LogP contribution >= 0.6 is 15.9 Å². The van der Waals surface area contributed by atoms with Crippen LogP contribution in [-0.4, -0.2) is 86.6 Å². The SMILES string of the molecule is C=CCCCCOC(=O)[C@H]1[C@H]2C(=O)N([C@@H](CO)Cc3ccccc3)C(C(=O)N(CC=C)C(C)(C)C)C23CC(Br)[C@@H]1O3. The van der Waals surface area contributed by atoms with Gasteiger partial charge in [-0.05, 0) is 58.4 Å². The molecule has 2 amide bonds. The lowest BCUT2D eigenvalue weighted by atomic mass is 9.70. The Bertz CT molecular complexity index is 1140. The molecular formula is C32H43BrN2O6. The summed E-state index contributed by atoms with van der Waals surface area (Å²) < 4.78 is 12.3. The number of aliphatic hydroxyl groups excluding tert-OH is 1. The number of ether oxygens (including phenoxy) is 2. The Hall–Kier alpha value is -2.49. The van der Waals surface area contributed by atoms with Crippen molar-refractivity contribution < 1.29 is 29.0 Å². The Balaban J connectivity index is 1.75. The second-order valence-corrected chi connectivity index (χ2v) is 13.5. The number of esters is 1. The Morgan fingerprint density at radius 3 is 2.56 bits per heavy atom. The number of carbonyl (C=O) groups is 3. The molecule has 0 aromatic heterocycles. The van der Waals surface area contributed by atoms with E-state index in [1.165, 1.54) is 4.90 Å². The number of amides is 2. The third-order valence-corrected chi connectivity index (χ3v) is 9.43. The van der Waals surface area contributed by atoms with E-state index in [1.807, 2.05) is 57.2 Å². The van der Waals surface area contributed by atoms with Gasteiger partial charge in [-0.2, -0.15) is 0 Å². The van der Waals surface area contributed by atoms with Gasteiger partial charge in [0, 0.05) is 16.9 Å². The average molecular weight is 632 g/mol. The molecule has 9 heteroatoms. The normalized spacial score (nSPS) is 29.2. The van der Waals surface area contributed by atoms with Crippen LogP contribution in [0.5, 0.6) is 0 Å². The molecule has 224 valence electrons. The van der Waals surface area contributed by atoms with E-state index in [9.17, 15) is 19.5 Å². The minimum atomic E-state index is -1.23. The molecule has 3 aliphatic rings. The highest BCUT2D eigenvalue weighted by molar-refractivity contribution is 9.09. The van der Waals surface area contributed by atoms with Gasteiger partial charge in [-0.3, -0.25) is 14.4 Å². The number of hydrogen-bond donors (Lipinski definition) is 1. The summed E-state index contributed by atoms with van der Waals surface area (Å²) in [6.45, 7) is 13.6. The molecule has 3 heterocycles. The van der Waals surface area contributed by atoms with Gasteiger partial charge < -0.3 is 24.4 Å².